The van der Waals surface area contributed by atoms with Gasteiger partial charge in [-0.05, 0) is 24.3 Å². The molecular formula is C11H10N2O2. The maximum Gasteiger partial charge on any atom is 0.168 e. The quantitative estimate of drug-likeness (QED) is 0.514. The van der Waals surface area contributed by atoms with E-state index in [1.165, 1.54) is 0 Å². The fraction of sp³-hybridized carbons (Fsp3) is 0. The molecule has 76 valence electrons. The zero-order valence-corrected chi connectivity index (χ0v) is 7.90. The molecule has 1 aromatic heterocycles. The van der Waals surface area contributed by atoms with Crippen LogP contribution in [0, 0.1) is 5.41 Å². The first kappa shape index (κ1) is 9.33. The number of hydrogen-bond donors (Lipinski definition) is 3. The molecule has 4 heteroatoms. The van der Waals surface area contributed by atoms with E-state index < -0.39 is 0 Å². The van der Waals surface area contributed by atoms with Gasteiger partial charge in [-0.25, -0.2) is 0 Å². The third-order valence-electron chi connectivity index (χ3n) is 2.04. The Hall–Kier alpha value is -2.23. The summed E-state index contributed by atoms with van der Waals surface area (Å²) in [5.41, 5.74) is 5.86. The molecule has 0 bridgehead atoms. The summed E-state index contributed by atoms with van der Waals surface area (Å²) in [6.45, 7) is 0. The third-order valence-corrected chi connectivity index (χ3v) is 2.04. The number of hydrogen-bond acceptors (Lipinski definition) is 3. The van der Waals surface area contributed by atoms with Crippen LogP contribution >= 0.6 is 0 Å². The molecule has 0 aliphatic rings. The highest BCUT2D eigenvalue weighted by molar-refractivity contribution is 5.92. The molecule has 15 heavy (non-hydrogen) atoms. The number of nitrogen functional groups attached to an aromatic ring is 1. The van der Waals surface area contributed by atoms with Crippen molar-refractivity contribution in [2.75, 3.05) is 0 Å². The standard InChI is InChI=1S/C11H10N2O2/c12-11(13)10-6-5-9(15-10)7-3-1-2-4-8(7)14/h1-6,14H,(H3,12,13). The minimum atomic E-state index is -0.128. The second-order valence-electron chi connectivity index (χ2n) is 3.09. The fourth-order valence-electron chi connectivity index (χ4n) is 1.31. The van der Waals surface area contributed by atoms with E-state index in [9.17, 15) is 5.11 Å². The maximum absolute atomic E-state index is 9.57. The number of rotatable bonds is 2. The van der Waals surface area contributed by atoms with Crippen molar-refractivity contribution >= 4 is 5.84 Å². The highest BCUT2D eigenvalue weighted by atomic mass is 16.3. The molecule has 4 N–H and O–H groups in total. The molecule has 0 aliphatic heterocycles. The van der Waals surface area contributed by atoms with E-state index in [2.05, 4.69) is 0 Å². The number of para-hydroxylation sites is 1. The van der Waals surface area contributed by atoms with Gasteiger partial charge < -0.3 is 15.3 Å². The van der Waals surface area contributed by atoms with Gasteiger partial charge in [-0.1, -0.05) is 12.1 Å². The lowest BCUT2D eigenvalue weighted by Crippen LogP contribution is -2.09. The molecular weight excluding hydrogens is 192 g/mol. The normalized spacial score (nSPS) is 10.1. The van der Waals surface area contributed by atoms with Crippen molar-refractivity contribution in [1.29, 1.82) is 5.41 Å². The Kier molecular flexibility index (Phi) is 2.17. The van der Waals surface area contributed by atoms with Gasteiger partial charge in [0.1, 0.15) is 11.5 Å². The van der Waals surface area contributed by atoms with E-state index in [1.807, 2.05) is 0 Å². The molecule has 4 nitrogen and oxygen atoms in total. The lowest BCUT2D eigenvalue weighted by Gasteiger charge is -1.99. The van der Waals surface area contributed by atoms with Crippen molar-refractivity contribution in [3.63, 3.8) is 0 Å². The van der Waals surface area contributed by atoms with Gasteiger partial charge in [0.05, 0.1) is 5.56 Å². The van der Waals surface area contributed by atoms with Crippen LogP contribution in [0.15, 0.2) is 40.8 Å². The molecule has 2 aromatic rings. The largest absolute Gasteiger partial charge is 0.507 e. The van der Waals surface area contributed by atoms with Gasteiger partial charge in [0, 0.05) is 0 Å². The molecule has 0 saturated carbocycles. The van der Waals surface area contributed by atoms with Gasteiger partial charge >= 0.3 is 0 Å². The van der Waals surface area contributed by atoms with E-state index in [1.54, 1.807) is 36.4 Å². The van der Waals surface area contributed by atoms with Gasteiger partial charge in [0.25, 0.3) is 0 Å². The van der Waals surface area contributed by atoms with E-state index in [0.29, 0.717) is 17.1 Å². The summed E-state index contributed by atoms with van der Waals surface area (Å²) in [6, 6.07) is 10.1. The highest BCUT2D eigenvalue weighted by Gasteiger charge is 2.09. The average Bonchev–Trinajstić information content (AvgIpc) is 2.67. The van der Waals surface area contributed by atoms with Crippen LogP contribution in [0.2, 0.25) is 0 Å². The molecule has 1 aromatic carbocycles. The van der Waals surface area contributed by atoms with Gasteiger partial charge in [0.15, 0.2) is 11.6 Å². The molecule has 0 atom stereocenters. The molecule has 0 unspecified atom stereocenters. The third kappa shape index (κ3) is 1.69. The molecule has 0 radical (unpaired) electrons. The predicted octanol–water partition coefficient (Wildman–Crippen LogP) is 1.94. The summed E-state index contributed by atoms with van der Waals surface area (Å²) in [6.07, 6.45) is 0. The summed E-state index contributed by atoms with van der Waals surface area (Å²) < 4.78 is 5.30. The topological polar surface area (TPSA) is 83.2 Å². The fourth-order valence-corrected chi connectivity index (χ4v) is 1.31. The number of amidine groups is 1. The Labute approximate surface area is 86.5 Å². The number of nitrogens with two attached hydrogens (primary N) is 1. The number of aromatic hydroxyl groups is 1. The molecule has 0 spiro atoms. The van der Waals surface area contributed by atoms with Crippen molar-refractivity contribution in [3.8, 4) is 17.1 Å². The summed E-state index contributed by atoms with van der Waals surface area (Å²) in [5, 5.41) is 16.8. The molecule has 0 saturated heterocycles. The lowest BCUT2D eigenvalue weighted by molar-refractivity contribution is 0.473. The first-order chi connectivity index (χ1) is 7.18. The smallest absolute Gasteiger partial charge is 0.168 e. The minimum absolute atomic E-state index is 0.128. The van der Waals surface area contributed by atoms with E-state index in [4.69, 9.17) is 15.6 Å². The lowest BCUT2D eigenvalue weighted by atomic mass is 10.1. The van der Waals surface area contributed by atoms with Crippen LogP contribution in [0.25, 0.3) is 11.3 Å². The minimum Gasteiger partial charge on any atom is -0.507 e. The Morgan fingerprint density at radius 1 is 1.20 bits per heavy atom. The maximum atomic E-state index is 9.57. The second-order valence-corrected chi connectivity index (χ2v) is 3.09. The predicted molar refractivity (Wildman–Crippen MR) is 56.8 cm³/mol. The van der Waals surface area contributed by atoms with Gasteiger partial charge in [-0.15, -0.1) is 0 Å². The van der Waals surface area contributed by atoms with Crippen molar-refractivity contribution in [2.45, 2.75) is 0 Å². The summed E-state index contributed by atoms with van der Waals surface area (Å²) in [4.78, 5) is 0. The number of phenolic OH excluding ortho intramolecular Hbond substituents is 1. The summed E-state index contributed by atoms with van der Waals surface area (Å²) >= 11 is 0. The first-order valence-corrected chi connectivity index (χ1v) is 4.41. The Morgan fingerprint density at radius 3 is 2.53 bits per heavy atom. The monoisotopic (exact) mass is 202 g/mol. The zero-order chi connectivity index (χ0) is 10.8. The van der Waals surface area contributed by atoms with E-state index in [0.717, 1.165) is 0 Å². The number of benzene rings is 1. The van der Waals surface area contributed by atoms with Crippen LogP contribution in [0.1, 0.15) is 5.76 Å². The van der Waals surface area contributed by atoms with Crippen LogP contribution in [-0.2, 0) is 0 Å². The van der Waals surface area contributed by atoms with Crippen molar-refractivity contribution in [1.82, 2.24) is 0 Å². The van der Waals surface area contributed by atoms with E-state index in [-0.39, 0.29) is 11.6 Å². The number of nitrogens with one attached hydrogen (secondary N) is 1. The number of phenols is 1. The Bertz CT molecular complexity index is 503. The van der Waals surface area contributed by atoms with E-state index >= 15 is 0 Å². The Balaban J connectivity index is 2.46. The van der Waals surface area contributed by atoms with Gasteiger partial charge in [0.2, 0.25) is 0 Å². The first-order valence-electron chi connectivity index (χ1n) is 4.41. The van der Waals surface area contributed by atoms with Crippen LogP contribution in [0.5, 0.6) is 5.75 Å². The van der Waals surface area contributed by atoms with Crippen molar-refractivity contribution in [3.05, 3.63) is 42.2 Å². The van der Waals surface area contributed by atoms with Crippen molar-refractivity contribution < 1.29 is 9.52 Å². The van der Waals surface area contributed by atoms with Crippen LogP contribution < -0.4 is 5.73 Å². The van der Waals surface area contributed by atoms with Crippen molar-refractivity contribution in [2.24, 2.45) is 5.73 Å². The Morgan fingerprint density at radius 2 is 1.93 bits per heavy atom. The SMILES string of the molecule is N=C(N)c1ccc(-c2ccccc2O)o1. The molecule has 0 fully saturated rings. The molecule has 0 amide bonds. The number of furan rings is 1. The van der Waals surface area contributed by atoms with Crippen LogP contribution in [-0.4, -0.2) is 10.9 Å². The van der Waals surface area contributed by atoms with Crippen LogP contribution in [0.3, 0.4) is 0 Å². The average molecular weight is 202 g/mol. The summed E-state index contributed by atoms with van der Waals surface area (Å²) in [7, 11) is 0. The zero-order valence-electron chi connectivity index (χ0n) is 7.90. The van der Waals surface area contributed by atoms with Crippen LogP contribution in [0.4, 0.5) is 0 Å². The second kappa shape index (κ2) is 3.49. The molecule has 2 rings (SSSR count). The highest BCUT2D eigenvalue weighted by Crippen LogP contribution is 2.29. The summed E-state index contributed by atoms with van der Waals surface area (Å²) in [5.74, 6) is 0.810. The molecule has 0 aliphatic carbocycles. The molecule has 1 heterocycles. The van der Waals surface area contributed by atoms with Gasteiger partial charge in [-0.2, -0.15) is 0 Å². The van der Waals surface area contributed by atoms with Gasteiger partial charge in [-0.3, -0.25) is 5.41 Å².